The first kappa shape index (κ1) is 15.2. The Hall–Kier alpha value is 0.217. The van der Waals surface area contributed by atoms with E-state index in [4.69, 9.17) is 9.47 Å². The van der Waals surface area contributed by atoms with Crippen LogP contribution in [0.4, 0.5) is 0 Å². The Labute approximate surface area is 108 Å². The van der Waals surface area contributed by atoms with E-state index in [0.717, 1.165) is 6.42 Å². The standard InChI is InChI=1S/C11H17O2S.Li/c1-4-12-11(13-5-2)8-10-6-7-14-9(10)3;/h6,11H,4-5,8H2,1-3H3;/q-1;+1. The number of aryl methyl sites for hydroxylation is 1. The molecule has 0 bridgehead atoms. The predicted octanol–water partition coefficient (Wildman–Crippen LogP) is -0.198. The summed E-state index contributed by atoms with van der Waals surface area (Å²) in [6, 6.07) is 2.02. The summed E-state index contributed by atoms with van der Waals surface area (Å²) in [5.41, 5.74) is 1.28. The number of hydrogen-bond donors (Lipinski definition) is 0. The first-order valence-electron chi connectivity index (χ1n) is 4.96. The third-order valence-corrected chi connectivity index (χ3v) is 2.79. The molecule has 0 aliphatic carbocycles. The van der Waals surface area contributed by atoms with Gasteiger partial charge in [-0.15, -0.1) is 10.3 Å². The summed E-state index contributed by atoms with van der Waals surface area (Å²) in [7, 11) is 0. The molecule has 1 rings (SSSR count). The van der Waals surface area contributed by atoms with Gasteiger partial charge >= 0.3 is 18.9 Å². The van der Waals surface area contributed by atoms with Crippen LogP contribution in [0.25, 0.3) is 0 Å². The Morgan fingerprint density at radius 2 is 1.93 bits per heavy atom. The van der Waals surface area contributed by atoms with Crippen molar-refractivity contribution in [2.24, 2.45) is 0 Å². The fourth-order valence-electron chi connectivity index (χ4n) is 1.28. The molecule has 15 heavy (non-hydrogen) atoms. The molecule has 0 unspecified atom stereocenters. The molecule has 0 amide bonds. The molecule has 0 aliphatic heterocycles. The minimum atomic E-state index is -0.105. The van der Waals surface area contributed by atoms with Crippen LogP contribution in [0.5, 0.6) is 0 Å². The summed E-state index contributed by atoms with van der Waals surface area (Å²) in [6.45, 7) is 7.46. The first-order valence-corrected chi connectivity index (χ1v) is 5.78. The quantitative estimate of drug-likeness (QED) is 0.375. The summed E-state index contributed by atoms with van der Waals surface area (Å²) in [6.07, 6.45) is 0.722. The molecule has 0 spiro atoms. The van der Waals surface area contributed by atoms with Gasteiger partial charge in [0.2, 0.25) is 0 Å². The third-order valence-electron chi connectivity index (χ3n) is 1.99. The van der Waals surface area contributed by atoms with Gasteiger partial charge in [-0.05, 0) is 20.3 Å². The van der Waals surface area contributed by atoms with Crippen molar-refractivity contribution in [1.82, 2.24) is 0 Å². The molecule has 2 nitrogen and oxygen atoms in total. The topological polar surface area (TPSA) is 18.5 Å². The van der Waals surface area contributed by atoms with Gasteiger partial charge < -0.3 is 20.8 Å². The molecule has 0 N–H and O–H groups in total. The van der Waals surface area contributed by atoms with Crippen molar-refractivity contribution in [2.75, 3.05) is 13.2 Å². The molecule has 0 aromatic carbocycles. The van der Waals surface area contributed by atoms with E-state index in [9.17, 15) is 0 Å². The molecule has 80 valence electrons. The van der Waals surface area contributed by atoms with Crippen LogP contribution < -0.4 is 18.9 Å². The molecule has 0 saturated carbocycles. The second-order valence-electron chi connectivity index (χ2n) is 2.99. The van der Waals surface area contributed by atoms with Crippen molar-refractivity contribution in [2.45, 2.75) is 33.5 Å². The second-order valence-corrected chi connectivity index (χ2v) is 4.04. The SMILES string of the molecule is CCOC(Cc1c[c-]sc1C)OCC.[Li+]. The monoisotopic (exact) mass is 220 g/mol. The number of hydrogen-bond acceptors (Lipinski definition) is 3. The number of rotatable bonds is 6. The Bertz CT molecular complexity index is 257. The van der Waals surface area contributed by atoms with E-state index >= 15 is 0 Å². The predicted molar refractivity (Wildman–Crippen MR) is 58.6 cm³/mol. The van der Waals surface area contributed by atoms with Crippen LogP contribution in [0.2, 0.25) is 0 Å². The minimum absolute atomic E-state index is 0. The Balaban J connectivity index is 0.00000196. The average molecular weight is 220 g/mol. The van der Waals surface area contributed by atoms with Crippen LogP contribution in [0, 0.1) is 12.3 Å². The van der Waals surface area contributed by atoms with Crippen molar-refractivity contribution < 1.29 is 28.3 Å². The first-order chi connectivity index (χ1) is 6.77. The zero-order valence-corrected chi connectivity index (χ0v) is 10.8. The van der Waals surface area contributed by atoms with E-state index in [1.807, 2.05) is 19.9 Å². The zero-order valence-electron chi connectivity index (χ0n) is 10.0. The van der Waals surface area contributed by atoms with Crippen molar-refractivity contribution in [3.63, 3.8) is 0 Å². The molecule has 1 heterocycles. The van der Waals surface area contributed by atoms with Gasteiger partial charge in [0.05, 0.1) is 0 Å². The molecule has 0 fully saturated rings. The molecule has 4 heteroatoms. The summed E-state index contributed by atoms with van der Waals surface area (Å²) in [5, 5.41) is 3.12. The molecule has 1 aromatic rings. The van der Waals surface area contributed by atoms with Crippen molar-refractivity contribution in [1.29, 1.82) is 0 Å². The van der Waals surface area contributed by atoms with Crippen molar-refractivity contribution in [3.8, 4) is 0 Å². The Morgan fingerprint density at radius 3 is 2.33 bits per heavy atom. The third kappa shape index (κ3) is 5.19. The Kier molecular flexibility index (Phi) is 8.50. The van der Waals surface area contributed by atoms with Crippen LogP contribution in [0.1, 0.15) is 24.3 Å². The number of ether oxygens (including phenoxy) is 2. The summed E-state index contributed by atoms with van der Waals surface area (Å²) in [4.78, 5) is 1.30. The summed E-state index contributed by atoms with van der Waals surface area (Å²) < 4.78 is 11.0. The second kappa shape index (κ2) is 8.38. The van der Waals surface area contributed by atoms with E-state index in [1.54, 1.807) is 11.3 Å². The van der Waals surface area contributed by atoms with E-state index < -0.39 is 0 Å². The fourth-order valence-corrected chi connectivity index (χ4v) is 1.93. The molecule has 0 radical (unpaired) electrons. The van der Waals surface area contributed by atoms with E-state index in [0.29, 0.717) is 13.2 Å². The Morgan fingerprint density at radius 1 is 1.33 bits per heavy atom. The molecule has 0 saturated heterocycles. The van der Waals surface area contributed by atoms with Crippen molar-refractivity contribution >= 4 is 11.3 Å². The van der Waals surface area contributed by atoms with Gasteiger partial charge in [-0.3, -0.25) is 0 Å². The molecule has 0 aliphatic rings. The van der Waals surface area contributed by atoms with Gasteiger partial charge in [0.1, 0.15) is 6.29 Å². The van der Waals surface area contributed by atoms with Gasteiger partial charge in [0.15, 0.2) is 0 Å². The van der Waals surface area contributed by atoms with Crippen LogP contribution in [-0.4, -0.2) is 19.5 Å². The van der Waals surface area contributed by atoms with Gasteiger partial charge in [0, 0.05) is 13.2 Å². The van der Waals surface area contributed by atoms with Gasteiger partial charge in [-0.1, -0.05) is 6.92 Å². The van der Waals surface area contributed by atoms with Crippen LogP contribution in [0.3, 0.4) is 0 Å². The maximum atomic E-state index is 5.48. The fraction of sp³-hybridized carbons (Fsp3) is 0.636. The van der Waals surface area contributed by atoms with Gasteiger partial charge in [-0.2, -0.15) is 11.6 Å². The summed E-state index contributed by atoms with van der Waals surface area (Å²) >= 11 is 1.65. The molecule has 1 aromatic heterocycles. The smallest absolute Gasteiger partial charge is 0.354 e. The van der Waals surface area contributed by atoms with Crippen LogP contribution >= 0.6 is 11.3 Å². The van der Waals surface area contributed by atoms with E-state index in [-0.39, 0.29) is 25.2 Å². The van der Waals surface area contributed by atoms with Gasteiger partial charge in [-0.25, -0.2) is 0 Å². The molecular weight excluding hydrogens is 203 g/mol. The molecular formula is C11H17LiO2S. The zero-order chi connectivity index (χ0) is 10.4. The van der Waals surface area contributed by atoms with Crippen LogP contribution in [0.15, 0.2) is 6.07 Å². The summed E-state index contributed by atoms with van der Waals surface area (Å²) in [5.74, 6) is 0. The normalized spacial score (nSPS) is 10.4. The number of thiophene rings is 1. The maximum Gasteiger partial charge on any atom is 1.00 e. The van der Waals surface area contributed by atoms with Crippen molar-refractivity contribution in [3.05, 3.63) is 21.9 Å². The van der Waals surface area contributed by atoms with Gasteiger partial charge in [0.25, 0.3) is 0 Å². The largest absolute Gasteiger partial charge is 1.00 e. The minimum Gasteiger partial charge on any atom is -0.354 e. The van der Waals surface area contributed by atoms with E-state index in [2.05, 4.69) is 12.3 Å². The average Bonchev–Trinajstić information content (AvgIpc) is 2.53. The van der Waals surface area contributed by atoms with E-state index in [1.165, 1.54) is 10.4 Å². The molecule has 0 atom stereocenters. The maximum absolute atomic E-state index is 5.48. The van der Waals surface area contributed by atoms with Crippen LogP contribution in [-0.2, 0) is 15.9 Å².